The van der Waals surface area contributed by atoms with Gasteiger partial charge in [0.15, 0.2) is 0 Å². The molecule has 0 saturated carbocycles. The summed E-state index contributed by atoms with van der Waals surface area (Å²) in [6, 6.07) is 21.0. The maximum absolute atomic E-state index is 11.7. The fraction of sp³-hybridized carbons (Fsp3) is 0.0952. The summed E-state index contributed by atoms with van der Waals surface area (Å²) in [6.45, 7) is 0.339. The van der Waals surface area contributed by atoms with E-state index in [2.05, 4.69) is 4.74 Å². The molecule has 0 radical (unpaired) electrons. The zero-order valence-corrected chi connectivity index (χ0v) is 14.6. The van der Waals surface area contributed by atoms with Crippen LogP contribution in [0.3, 0.4) is 0 Å². The Kier molecular flexibility index (Phi) is 5.47. The third-order valence-corrected chi connectivity index (χ3v) is 4.03. The molecule has 6 nitrogen and oxygen atoms in total. The molecule has 136 valence electrons. The van der Waals surface area contributed by atoms with Crippen molar-refractivity contribution in [2.45, 2.75) is 6.61 Å². The molecule has 3 rings (SSSR count). The van der Waals surface area contributed by atoms with Crippen molar-refractivity contribution in [3.8, 4) is 16.9 Å². The van der Waals surface area contributed by atoms with Gasteiger partial charge in [-0.1, -0.05) is 48.5 Å². The van der Waals surface area contributed by atoms with Crippen molar-refractivity contribution in [1.82, 2.24) is 0 Å². The number of esters is 1. The zero-order chi connectivity index (χ0) is 19.2. The predicted octanol–water partition coefficient (Wildman–Crippen LogP) is 4.63. The predicted molar refractivity (Wildman–Crippen MR) is 101 cm³/mol. The lowest BCUT2D eigenvalue weighted by molar-refractivity contribution is -0.384. The van der Waals surface area contributed by atoms with Gasteiger partial charge in [0.25, 0.3) is 5.69 Å². The maximum Gasteiger partial charge on any atom is 0.338 e. The topological polar surface area (TPSA) is 78.7 Å². The van der Waals surface area contributed by atoms with Crippen molar-refractivity contribution in [2.75, 3.05) is 7.11 Å². The summed E-state index contributed by atoms with van der Waals surface area (Å²) >= 11 is 0. The van der Waals surface area contributed by atoms with Crippen LogP contribution in [0.15, 0.2) is 72.8 Å². The van der Waals surface area contributed by atoms with Crippen LogP contribution in [-0.2, 0) is 11.3 Å². The highest BCUT2D eigenvalue weighted by Crippen LogP contribution is 2.37. The summed E-state index contributed by atoms with van der Waals surface area (Å²) < 4.78 is 10.5. The van der Waals surface area contributed by atoms with E-state index >= 15 is 0 Å². The molecular weight excluding hydrogens is 346 g/mol. The van der Waals surface area contributed by atoms with Gasteiger partial charge in [0.1, 0.15) is 12.4 Å². The van der Waals surface area contributed by atoms with Gasteiger partial charge in [0.2, 0.25) is 0 Å². The van der Waals surface area contributed by atoms with E-state index in [0.717, 1.165) is 5.56 Å². The van der Waals surface area contributed by atoms with Gasteiger partial charge >= 0.3 is 5.97 Å². The number of hydrogen-bond donors (Lipinski definition) is 0. The van der Waals surface area contributed by atoms with Crippen molar-refractivity contribution in [3.63, 3.8) is 0 Å². The lowest BCUT2D eigenvalue weighted by Gasteiger charge is -2.12. The summed E-state index contributed by atoms with van der Waals surface area (Å²) in [5, 5.41) is 11.6. The number of carbonyl (C=O) groups excluding carboxylic acids is 1. The van der Waals surface area contributed by atoms with Gasteiger partial charge in [0.05, 0.1) is 23.2 Å². The first kappa shape index (κ1) is 18.1. The van der Waals surface area contributed by atoms with Gasteiger partial charge in [-0.05, 0) is 23.8 Å². The first-order valence-corrected chi connectivity index (χ1v) is 8.23. The van der Waals surface area contributed by atoms with Crippen molar-refractivity contribution < 1.29 is 19.2 Å². The largest absolute Gasteiger partial charge is 0.488 e. The van der Waals surface area contributed by atoms with Gasteiger partial charge in [-0.15, -0.1) is 0 Å². The average Bonchev–Trinajstić information content (AvgIpc) is 2.72. The number of nitrogens with zero attached hydrogens (tertiary/aromatic N) is 1. The molecule has 0 aliphatic heterocycles. The van der Waals surface area contributed by atoms with Crippen LogP contribution in [0.1, 0.15) is 15.9 Å². The fourth-order valence-electron chi connectivity index (χ4n) is 2.71. The minimum absolute atomic E-state index is 0.121. The smallest absolute Gasteiger partial charge is 0.338 e. The molecule has 0 heterocycles. The second kappa shape index (κ2) is 8.14. The quantitative estimate of drug-likeness (QED) is 0.362. The van der Waals surface area contributed by atoms with Crippen LogP contribution in [0, 0.1) is 10.1 Å². The molecule has 0 N–H and O–H groups in total. The number of nitro groups is 1. The second-order valence-electron chi connectivity index (χ2n) is 5.75. The second-order valence-corrected chi connectivity index (χ2v) is 5.75. The van der Waals surface area contributed by atoms with Crippen LogP contribution in [0.5, 0.6) is 5.75 Å². The van der Waals surface area contributed by atoms with Crippen LogP contribution in [0.2, 0.25) is 0 Å². The highest BCUT2D eigenvalue weighted by atomic mass is 16.6. The number of hydrogen-bond acceptors (Lipinski definition) is 5. The molecule has 0 saturated heterocycles. The van der Waals surface area contributed by atoms with Crippen LogP contribution >= 0.6 is 0 Å². The van der Waals surface area contributed by atoms with Gasteiger partial charge < -0.3 is 9.47 Å². The summed E-state index contributed by atoms with van der Waals surface area (Å²) in [5.74, 6) is -0.103. The van der Waals surface area contributed by atoms with Gasteiger partial charge in [-0.25, -0.2) is 4.79 Å². The van der Waals surface area contributed by atoms with E-state index in [-0.39, 0.29) is 11.3 Å². The number of benzene rings is 3. The molecule has 0 atom stereocenters. The first-order valence-electron chi connectivity index (χ1n) is 8.23. The van der Waals surface area contributed by atoms with Crippen LogP contribution in [-0.4, -0.2) is 18.0 Å². The normalized spacial score (nSPS) is 10.3. The molecule has 0 aliphatic carbocycles. The van der Waals surface area contributed by atoms with Gasteiger partial charge in [-0.2, -0.15) is 0 Å². The van der Waals surface area contributed by atoms with E-state index in [1.165, 1.54) is 25.3 Å². The summed E-state index contributed by atoms with van der Waals surface area (Å²) in [4.78, 5) is 22.7. The third kappa shape index (κ3) is 4.12. The molecule has 0 unspecified atom stereocenters. The van der Waals surface area contributed by atoms with Gasteiger partial charge in [0, 0.05) is 11.6 Å². The number of carbonyl (C=O) groups is 1. The Balaban J connectivity index is 1.99. The SMILES string of the molecule is COC(=O)c1ccc(-c2ccccc2OCc2ccccc2)c([N+](=O)[O-])c1. The summed E-state index contributed by atoms with van der Waals surface area (Å²) in [7, 11) is 1.23. The molecule has 6 heteroatoms. The molecular formula is C21H17NO5. The molecule has 0 spiro atoms. The Morgan fingerprint density at radius 3 is 2.37 bits per heavy atom. The van der Waals surface area contributed by atoms with Crippen LogP contribution in [0.4, 0.5) is 5.69 Å². The number of nitro benzene ring substituents is 1. The minimum atomic E-state index is -0.627. The van der Waals surface area contributed by atoms with Crippen molar-refractivity contribution in [1.29, 1.82) is 0 Å². The summed E-state index contributed by atoms with van der Waals surface area (Å²) in [6.07, 6.45) is 0. The molecule has 3 aromatic carbocycles. The number of ether oxygens (including phenoxy) is 2. The Bertz CT molecular complexity index is 969. The van der Waals surface area contributed by atoms with Crippen LogP contribution in [0.25, 0.3) is 11.1 Å². The van der Waals surface area contributed by atoms with E-state index < -0.39 is 10.9 Å². The highest BCUT2D eigenvalue weighted by Gasteiger charge is 2.21. The maximum atomic E-state index is 11.7. The molecule has 0 amide bonds. The molecule has 3 aromatic rings. The lowest BCUT2D eigenvalue weighted by Crippen LogP contribution is -2.03. The first-order chi connectivity index (χ1) is 13.1. The van der Waals surface area contributed by atoms with Crippen molar-refractivity contribution in [2.24, 2.45) is 0 Å². The number of para-hydroxylation sites is 1. The molecule has 0 fully saturated rings. The number of rotatable bonds is 6. The van der Waals surface area contributed by atoms with E-state index in [0.29, 0.717) is 23.5 Å². The molecule has 0 aromatic heterocycles. The van der Waals surface area contributed by atoms with E-state index in [1.54, 1.807) is 24.3 Å². The average molecular weight is 363 g/mol. The van der Waals surface area contributed by atoms with Crippen molar-refractivity contribution >= 4 is 11.7 Å². The van der Waals surface area contributed by atoms with E-state index in [9.17, 15) is 14.9 Å². The lowest BCUT2D eigenvalue weighted by atomic mass is 10.0. The monoisotopic (exact) mass is 363 g/mol. The zero-order valence-electron chi connectivity index (χ0n) is 14.6. The van der Waals surface area contributed by atoms with Gasteiger partial charge in [-0.3, -0.25) is 10.1 Å². The third-order valence-electron chi connectivity index (χ3n) is 4.03. The minimum Gasteiger partial charge on any atom is -0.488 e. The molecule has 0 bridgehead atoms. The Morgan fingerprint density at radius 2 is 1.67 bits per heavy atom. The highest BCUT2D eigenvalue weighted by molar-refractivity contribution is 5.92. The number of methoxy groups -OCH3 is 1. The van der Waals surface area contributed by atoms with E-state index in [1.807, 2.05) is 30.3 Å². The molecule has 27 heavy (non-hydrogen) atoms. The Morgan fingerprint density at radius 1 is 0.963 bits per heavy atom. The summed E-state index contributed by atoms with van der Waals surface area (Å²) in [5.41, 5.74) is 1.87. The Hall–Kier alpha value is -3.67. The van der Waals surface area contributed by atoms with Crippen LogP contribution < -0.4 is 4.74 Å². The molecule has 0 aliphatic rings. The Labute approximate surface area is 156 Å². The fourth-order valence-corrected chi connectivity index (χ4v) is 2.71. The van der Waals surface area contributed by atoms with E-state index in [4.69, 9.17) is 4.74 Å². The standard InChI is InChI=1S/C21H17NO5/c1-26-21(23)16-11-12-17(19(13-16)22(24)25)18-9-5-6-10-20(18)27-14-15-7-3-2-4-8-15/h2-13H,14H2,1H3. The van der Waals surface area contributed by atoms with Crippen molar-refractivity contribution in [3.05, 3.63) is 94.0 Å².